The molecule has 434 valence electrons. The zero-order chi connectivity index (χ0) is 57.8. The number of esters is 2. The van der Waals surface area contributed by atoms with Gasteiger partial charge in [-0.25, -0.2) is 14.4 Å². The van der Waals surface area contributed by atoms with E-state index in [4.69, 9.17) is 19.7 Å². The minimum Gasteiger partial charge on any atom is -0.508 e. The molecule has 0 saturated heterocycles. The summed E-state index contributed by atoms with van der Waals surface area (Å²) in [7, 11) is 0. The molecule has 1 unspecified atom stereocenters. The fourth-order valence-corrected chi connectivity index (χ4v) is 11.3. The maximum Gasteiger partial charge on any atom is 0.344 e. The molecule has 4 N–H and O–H groups in total. The van der Waals surface area contributed by atoms with E-state index in [2.05, 4.69) is 75.5 Å². The second-order valence-electron chi connectivity index (χ2n) is 21.4. The number of aryl methyl sites for hydroxylation is 2. The largest absolute Gasteiger partial charge is 0.508 e. The lowest BCUT2D eigenvalue weighted by Gasteiger charge is -2.14. The summed E-state index contributed by atoms with van der Waals surface area (Å²) >= 11 is 10.3. The Morgan fingerprint density at radius 1 is 0.438 bits per heavy atom. The van der Waals surface area contributed by atoms with Gasteiger partial charge in [-0.15, -0.1) is 0 Å². The average Bonchev–Trinajstić information content (AvgIpc) is 4.20. The molecule has 7 rings (SSSR count). The van der Waals surface area contributed by atoms with Gasteiger partial charge in [0.05, 0.1) is 11.1 Å². The van der Waals surface area contributed by atoms with Gasteiger partial charge in [0.1, 0.15) is 23.0 Å². The number of fused-ring (bicyclic) bond motifs is 2. The topological polar surface area (TPSA) is 151 Å². The number of hydrogen-bond acceptors (Lipinski definition) is 8. The van der Waals surface area contributed by atoms with Gasteiger partial charge in [0, 0.05) is 35.0 Å². The molecule has 1 atom stereocenters. The number of carbonyl (C=O) groups is 3. The molecule has 0 fully saturated rings. The standard InChI is InChI=1S/C38H42Br2O4.C22H38O2.C8H7BrO3/c1-3-5-7-9-11-13-15-29-33-31(25-17-21-27(39)22-18-25)37(41)44-36(33)30(16-14-12-10-8-6-4-2)34-32(38(42)43-35(29)34)26-19-23-28(40)24-20-26;1-3-5-7-9-11-13-15-19-17-22(24)20(18-21(19)23)16-14-12-10-8-6-4-2;9-6-3-1-5(2-4-6)7(10)8(11)12/h17-24H,3-16H2,1-2H3;17-18,23-24H,3-16H2,1-2H3;1-4,7,10H,(H,11,12). The normalized spacial score (nSPS) is 12.8. The summed E-state index contributed by atoms with van der Waals surface area (Å²) in [4.78, 5) is 37.7. The number of unbranched alkanes of at least 4 members (excludes halogenated alkanes) is 20. The van der Waals surface area contributed by atoms with Crippen molar-refractivity contribution in [2.24, 2.45) is 0 Å². The van der Waals surface area contributed by atoms with Crippen LogP contribution in [0.5, 0.6) is 23.0 Å². The second-order valence-corrected chi connectivity index (χ2v) is 24.1. The zero-order valence-corrected chi connectivity index (χ0v) is 52.7. The van der Waals surface area contributed by atoms with Gasteiger partial charge in [-0.2, -0.15) is 0 Å². The summed E-state index contributed by atoms with van der Waals surface area (Å²) in [5.74, 6) is 0.0528. The van der Waals surface area contributed by atoms with Crippen LogP contribution in [-0.4, -0.2) is 38.3 Å². The Morgan fingerprint density at radius 2 is 0.725 bits per heavy atom. The number of aliphatic hydroxyl groups is 1. The number of aromatic hydroxyl groups is 2. The summed E-state index contributed by atoms with van der Waals surface area (Å²) in [5, 5.41) is 39.6. The third kappa shape index (κ3) is 20.3. The molecule has 2 aliphatic heterocycles. The Labute approximate surface area is 502 Å². The van der Waals surface area contributed by atoms with Gasteiger partial charge in [0.2, 0.25) is 0 Å². The summed E-state index contributed by atoms with van der Waals surface area (Å²) in [5.41, 5.74) is 6.77. The van der Waals surface area contributed by atoms with Gasteiger partial charge in [-0.3, -0.25) is 0 Å². The lowest BCUT2D eigenvalue weighted by Crippen LogP contribution is -2.23. The molecule has 0 amide bonds. The van der Waals surface area contributed by atoms with Crippen LogP contribution in [0.2, 0.25) is 0 Å². The molecule has 2 aliphatic rings. The number of aliphatic hydroxyl groups excluding tert-OH is 1. The van der Waals surface area contributed by atoms with Gasteiger partial charge in [0.25, 0.3) is 0 Å². The van der Waals surface area contributed by atoms with E-state index in [1.54, 1.807) is 36.4 Å². The van der Waals surface area contributed by atoms with Crippen LogP contribution in [0.4, 0.5) is 0 Å². The molecular formula is C68H87Br3O9. The summed E-state index contributed by atoms with van der Waals surface area (Å²) < 4.78 is 15.2. The highest BCUT2D eigenvalue weighted by molar-refractivity contribution is 9.11. The van der Waals surface area contributed by atoms with E-state index >= 15 is 0 Å². The molecule has 0 spiro atoms. The van der Waals surface area contributed by atoms with Gasteiger partial charge in [-0.1, -0.05) is 240 Å². The molecule has 0 bridgehead atoms. The molecule has 0 aliphatic carbocycles. The summed E-state index contributed by atoms with van der Waals surface area (Å²) in [6.45, 7) is 8.91. The van der Waals surface area contributed by atoms with Crippen molar-refractivity contribution in [2.75, 3.05) is 0 Å². The van der Waals surface area contributed by atoms with Crippen LogP contribution in [0.15, 0.2) is 98.3 Å². The zero-order valence-electron chi connectivity index (χ0n) is 47.9. The van der Waals surface area contributed by atoms with Crippen molar-refractivity contribution >= 4 is 76.8 Å². The molecule has 0 radical (unpaired) electrons. The number of phenols is 2. The Bertz CT molecular complexity index is 2700. The first-order chi connectivity index (χ1) is 38.7. The van der Waals surface area contributed by atoms with Crippen molar-refractivity contribution in [1.82, 2.24) is 0 Å². The van der Waals surface area contributed by atoms with Crippen molar-refractivity contribution in [3.63, 3.8) is 0 Å². The predicted octanol–water partition coefficient (Wildman–Crippen LogP) is 17.7. The number of benzene rings is 5. The molecular weight excluding hydrogens is 1200 g/mol. The number of phenolic OH excluding ortho intramolecular Hbond substituents is 2. The number of carboxylic acids is 1. The van der Waals surface area contributed by atoms with Crippen LogP contribution >= 0.6 is 47.8 Å². The number of hydrogen-bond donors (Lipinski definition) is 4. The van der Waals surface area contributed by atoms with Crippen LogP contribution in [0.25, 0.3) is 11.1 Å². The number of carbonyl (C=O) groups excluding carboxylic acids is 2. The molecule has 12 heteroatoms. The predicted molar refractivity (Wildman–Crippen MR) is 335 cm³/mol. The minimum atomic E-state index is -1.43. The first-order valence-corrected chi connectivity index (χ1v) is 32.2. The van der Waals surface area contributed by atoms with E-state index < -0.39 is 12.1 Å². The highest BCUT2D eigenvalue weighted by Gasteiger charge is 2.37. The van der Waals surface area contributed by atoms with Crippen LogP contribution in [-0.2, 0) is 40.1 Å². The maximum atomic E-state index is 13.7. The van der Waals surface area contributed by atoms with Crippen molar-refractivity contribution in [2.45, 2.75) is 214 Å². The number of rotatable bonds is 32. The molecule has 5 aromatic rings. The Balaban J connectivity index is 0.000000271. The van der Waals surface area contributed by atoms with Crippen molar-refractivity contribution < 1.29 is 44.3 Å². The van der Waals surface area contributed by atoms with E-state index in [1.165, 1.54) is 116 Å². The fourth-order valence-electron chi connectivity index (χ4n) is 10.5. The van der Waals surface area contributed by atoms with Gasteiger partial charge >= 0.3 is 17.9 Å². The Morgan fingerprint density at radius 3 is 1.04 bits per heavy atom. The first-order valence-electron chi connectivity index (χ1n) is 29.9. The third-order valence-corrected chi connectivity index (χ3v) is 16.6. The van der Waals surface area contributed by atoms with E-state index in [9.17, 15) is 24.6 Å². The number of ether oxygens (including phenoxy) is 2. The van der Waals surface area contributed by atoms with Crippen LogP contribution < -0.4 is 19.9 Å². The SMILES string of the molecule is CCCCCCCCc1c2c(c(CCCCCCCC)c3c1=C(c1ccc(Br)cc1)C(=O)O3)=C(c1ccc(Br)cc1)C(=O)O2.CCCCCCCCc1cc(O)c(CCCCCCCC)cc1O.O=C(O)C(O)c1ccc(Br)cc1. The van der Waals surface area contributed by atoms with Crippen molar-refractivity contribution in [1.29, 1.82) is 0 Å². The first kappa shape index (κ1) is 66.1. The quantitative estimate of drug-likeness (QED) is 0.0143. The fraction of sp³-hybridized carbons (Fsp3) is 0.485. The monoisotopic (exact) mass is 1280 g/mol. The van der Waals surface area contributed by atoms with Gasteiger partial charge in [-0.05, 0) is 128 Å². The van der Waals surface area contributed by atoms with Crippen molar-refractivity contribution in [3.8, 4) is 23.0 Å². The maximum absolute atomic E-state index is 13.7. The lowest BCUT2D eigenvalue weighted by molar-refractivity contribution is -0.147. The molecule has 80 heavy (non-hydrogen) atoms. The highest BCUT2D eigenvalue weighted by Crippen LogP contribution is 2.36. The minimum absolute atomic E-state index is 0.337. The van der Waals surface area contributed by atoms with Crippen LogP contribution in [0.1, 0.15) is 227 Å². The molecule has 5 aromatic carbocycles. The van der Waals surface area contributed by atoms with E-state index in [-0.39, 0.29) is 11.9 Å². The van der Waals surface area contributed by atoms with Crippen molar-refractivity contribution in [3.05, 3.63) is 148 Å². The average molecular weight is 1290 g/mol. The number of aliphatic carboxylic acids is 1. The molecule has 0 saturated carbocycles. The summed E-state index contributed by atoms with van der Waals surface area (Å²) in [6.07, 6.45) is 30.4. The summed E-state index contributed by atoms with van der Waals surface area (Å²) in [6, 6.07) is 25.7. The third-order valence-electron chi connectivity index (χ3n) is 15.0. The van der Waals surface area contributed by atoms with E-state index in [1.807, 2.05) is 48.5 Å². The van der Waals surface area contributed by atoms with Gasteiger partial charge in [0.15, 0.2) is 6.10 Å². The second kappa shape index (κ2) is 36.0. The number of halogens is 3. The smallest absolute Gasteiger partial charge is 0.344 e. The van der Waals surface area contributed by atoms with Crippen LogP contribution in [0.3, 0.4) is 0 Å². The van der Waals surface area contributed by atoms with Gasteiger partial charge < -0.3 is 29.9 Å². The Kier molecular flexibility index (Phi) is 29.7. The highest BCUT2D eigenvalue weighted by atomic mass is 79.9. The Hall–Kier alpha value is -4.75. The molecule has 2 heterocycles. The van der Waals surface area contributed by atoms with E-state index in [0.717, 1.165) is 109 Å². The van der Waals surface area contributed by atoms with Crippen LogP contribution in [0, 0.1) is 0 Å². The van der Waals surface area contributed by atoms with E-state index in [0.29, 0.717) is 52.5 Å². The molecule has 9 nitrogen and oxygen atoms in total. The lowest BCUT2D eigenvalue weighted by atomic mass is 9.90. The number of carboxylic acid groups (broad SMARTS) is 1. The molecule has 0 aromatic heterocycles.